The predicted molar refractivity (Wildman–Crippen MR) is 286 cm³/mol. The van der Waals surface area contributed by atoms with Crippen molar-refractivity contribution in [2.45, 2.75) is 0 Å². The highest BCUT2D eigenvalue weighted by atomic mass is 15.0. The minimum atomic E-state index is 0.573. The first kappa shape index (κ1) is 39.6. The van der Waals surface area contributed by atoms with Crippen molar-refractivity contribution in [3.63, 3.8) is 0 Å². The molecule has 70 heavy (non-hydrogen) atoms. The molecule has 1 aromatic heterocycles. The lowest BCUT2D eigenvalue weighted by molar-refractivity contribution is 1.07. The van der Waals surface area contributed by atoms with E-state index in [0.717, 1.165) is 50.1 Å². The van der Waals surface area contributed by atoms with Crippen molar-refractivity contribution in [1.82, 2.24) is 15.0 Å². The summed E-state index contributed by atoms with van der Waals surface area (Å²) in [5.74, 6) is 1.78. The molecule has 0 atom stereocenters. The number of nitriles is 1. The van der Waals surface area contributed by atoms with E-state index in [9.17, 15) is 5.26 Å². The van der Waals surface area contributed by atoms with Crippen LogP contribution < -0.4 is 0 Å². The first-order valence-electron chi connectivity index (χ1n) is 23.6. The Hall–Kier alpha value is -9.56. The van der Waals surface area contributed by atoms with Gasteiger partial charge in [-0.25, -0.2) is 15.0 Å². The molecule has 14 rings (SSSR count). The molecule has 0 bridgehead atoms. The highest BCUT2D eigenvalue weighted by molar-refractivity contribution is 6.19. The average Bonchev–Trinajstić information content (AvgIpc) is 3.94. The highest BCUT2D eigenvalue weighted by Crippen LogP contribution is 2.51. The maximum absolute atomic E-state index is 10.5. The van der Waals surface area contributed by atoms with Gasteiger partial charge >= 0.3 is 0 Å². The number of aromatic nitrogens is 3. The fourth-order valence-electron chi connectivity index (χ4n) is 11.1. The van der Waals surface area contributed by atoms with Gasteiger partial charge in [-0.05, 0) is 123 Å². The van der Waals surface area contributed by atoms with E-state index in [-0.39, 0.29) is 0 Å². The van der Waals surface area contributed by atoms with Crippen LogP contribution >= 0.6 is 0 Å². The first-order valence-corrected chi connectivity index (χ1v) is 23.6. The lowest BCUT2D eigenvalue weighted by Gasteiger charge is -2.15. The zero-order valence-electron chi connectivity index (χ0n) is 37.7. The number of rotatable bonds is 7. The van der Waals surface area contributed by atoms with Crippen LogP contribution in [0.25, 0.3) is 145 Å². The summed E-state index contributed by atoms with van der Waals surface area (Å²) in [6, 6.07) is 83.8. The molecule has 1 heterocycles. The molecule has 4 heteroatoms. The van der Waals surface area contributed by atoms with Crippen molar-refractivity contribution in [1.29, 1.82) is 5.26 Å². The first-order chi connectivity index (χ1) is 34.7. The van der Waals surface area contributed by atoms with Crippen LogP contribution in [0, 0.1) is 11.3 Å². The quantitative estimate of drug-likeness (QED) is 0.160. The molecule has 2 aliphatic rings. The summed E-state index contributed by atoms with van der Waals surface area (Å²) < 4.78 is 0. The monoisotopic (exact) mass is 886 g/mol. The fourth-order valence-corrected chi connectivity index (χ4v) is 11.1. The van der Waals surface area contributed by atoms with Crippen LogP contribution in [0.1, 0.15) is 5.56 Å². The largest absolute Gasteiger partial charge is 0.208 e. The number of benzene rings is 11. The van der Waals surface area contributed by atoms with E-state index in [1.165, 1.54) is 77.2 Å². The zero-order chi connectivity index (χ0) is 46.3. The van der Waals surface area contributed by atoms with Gasteiger partial charge < -0.3 is 0 Å². The van der Waals surface area contributed by atoms with E-state index in [1.54, 1.807) is 0 Å². The molecule has 0 aliphatic heterocycles. The number of fused-ring (bicyclic) bond motifs is 6. The molecule has 0 amide bonds. The predicted octanol–water partition coefficient (Wildman–Crippen LogP) is 17.0. The normalized spacial score (nSPS) is 11.7. The molecule has 0 spiro atoms. The molecule has 0 N–H and O–H groups in total. The zero-order valence-corrected chi connectivity index (χ0v) is 37.7. The van der Waals surface area contributed by atoms with Gasteiger partial charge in [0.1, 0.15) is 0 Å². The van der Waals surface area contributed by atoms with Crippen LogP contribution in [0.3, 0.4) is 0 Å². The summed E-state index contributed by atoms with van der Waals surface area (Å²) in [5, 5.41) is 15.6. The topological polar surface area (TPSA) is 62.5 Å². The van der Waals surface area contributed by atoms with E-state index in [0.29, 0.717) is 23.0 Å². The van der Waals surface area contributed by atoms with Crippen molar-refractivity contribution < 1.29 is 0 Å². The lowest BCUT2D eigenvalue weighted by Crippen LogP contribution is -2.01. The molecular formula is C66H38N4. The average molecular weight is 887 g/mol. The summed E-state index contributed by atoms with van der Waals surface area (Å²) in [5.41, 5.74) is 21.7. The van der Waals surface area contributed by atoms with Crippen LogP contribution in [0.15, 0.2) is 231 Å². The second kappa shape index (κ2) is 15.8. The third kappa shape index (κ3) is 6.19. The summed E-state index contributed by atoms with van der Waals surface area (Å²) in [6.45, 7) is 0. The SMILES string of the molecule is N#Cc1ccc(-c2ccccc2-c2nc(-c3ccccc3)nc(-c3ccc4c(c3)-c3cccc5cccc-4c35)n2)cc1-c1ccc(-c2ccccc2-c2ccc3c4c(cccc24)-c2ccccc2-3)cc1. The summed E-state index contributed by atoms with van der Waals surface area (Å²) in [6.07, 6.45) is 0. The van der Waals surface area contributed by atoms with Gasteiger partial charge in [0.25, 0.3) is 0 Å². The third-order valence-electron chi connectivity index (χ3n) is 14.3. The molecule has 4 nitrogen and oxygen atoms in total. The molecule has 11 aromatic carbocycles. The Kier molecular flexibility index (Phi) is 8.92. The van der Waals surface area contributed by atoms with Crippen LogP contribution in [-0.2, 0) is 0 Å². The molecule has 12 aromatic rings. The van der Waals surface area contributed by atoms with Gasteiger partial charge in [0, 0.05) is 22.3 Å². The van der Waals surface area contributed by atoms with E-state index < -0.39 is 0 Å². The van der Waals surface area contributed by atoms with E-state index in [4.69, 9.17) is 15.0 Å². The van der Waals surface area contributed by atoms with Crippen LogP contribution in [-0.4, -0.2) is 15.0 Å². The lowest BCUT2D eigenvalue weighted by atomic mass is 9.88. The Morgan fingerprint density at radius 3 is 1.40 bits per heavy atom. The maximum Gasteiger partial charge on any atom is 0.164 e. The summed E-state index contributed by atoms with van der Waals surface area (Å²) in [7, 11) is 0. The minimum Gasteiger partial charge on any atom is -0.208 e. The van der Waals surface area contributed by atoms with Gasteiger partial charge in [0.2, 0.25) is 0 Å². The van der Waals surface area contributed by atoms with E-state index >= 15 is 0 Å². The maximum atomic E-state index is 10.5. The summed E-state index contributed by atoms with van der Waals surface area (Å²) >= 11 is 0. The molecular weight excluding hydrogens is 849 g/mol. The Morgan fingerprint density at radius 1 is 0.257 bits per heavy atom. The highest BCUT2D eigenvalue weighted by Gasteiger charge is 2.25. The van der Waals surface area contributed by atoms with Crippen molar-refractivity contribution in [2.75, 3.05) is 0 Å². The van der Waals surface area contributed by atoms with Gasteiger partial charge in [-0.1, -0.05) is 212 Å². The van der Waals surface area contributed by atoms with Gasteiger partial charge in [-0.3, -0.25) is 0 Å². The number of hydrogen-bond acceptors (Lipinski definition) is 4. The van der Waals surface area contributed by atoms with Crippen LogP contribution in [0.2, 0.25) is 0 Å². The minimum absolute atomic E-state index is 0.573. The van der Waals surface area contributed by atoms with Crippen molar-refractivity contribution in [3.05, 3.63) is 236 Å². The molecule has 0 saturated carbocycles. The van der Waals surface area contributed by atoms with Crippen molar-refractivity contribution in [2.24, 2.45) is 0 Å². The van der Waals surface area contributed by atoms with Gasteiger partial charge in [0.05, 0.1) is 11.6 Å². The van der Waals surface area contributed by atoms with Crippen molar-refractivity contribution in [3.8, 4) is 129 Å². The fraction of sp³-hybridized carbons (Fsp3) is 0. The van der Waals surface area contributed by atoms with Crippen LogP contribution in [0.4, 0.5) is 0 Å². The molecule has 0 unspecified atom stereocenters. The standard InChI is InChI=1S/C66H38N4/c67-39-46-32-31-44(37-60(46)41-29-27-40(28-30-41)47-17-4-6-19-49(47)52-35-36-58-51-21-8-7-20-50(51)55-25-12-26-56(52)63(55)58)48-18-5-9-22-59(48)66-69-64(43-13-2-1-3-14-43)68-65(70-66)45-33-34-53-54-23-10-15-42-16-11-24-57(62(42)54)61(53)38-45/h1-38H. The second-order valence-corrected chi connectivity index (χ2v) is 18.1. The summed E-state index contributed by atoms with van der Waals surface area (Å²) in [4.78, 5) is 15.5. The van der Waals surface area contributed by atoms with E-state index in [2.05, 4.69) is 182 Å². The smallest absolute Gasteiger partial charge is 0.164 e. The number of nitrogens with zero attached hydrogens (tertiary/aromatic N) is 4. The molecule has 322 valence electrons. The Bertz CT molecular complexity index is 4150. The van der Waals surface area contributed by atoms with Gasteiger partial charge in [-0.15, -0.1) is 0 Å². The molecule has 0 saturated heterocycles. The Balaban J connectivity index is 0.844. The van der Waals surface area contributed by atoms with Crippen LogP contribution in [0.5, 0.6) is 0 Å². The van der Waals surface area contributed by atoms with Gasteiger partial charge in [0.15, 0.2) is 17.5 Å². The second-order valence-electron chi connectivity index (χ2n) is 18.1. The third-order valence-corrected chi connectivity index (χ3v) is 14.3. The number of hydrogen-bond donors (Lipinski definition) is 0. The molecule has 0 radical (unpaired) electrons. The molecule has 0 fully saturated rings. The van der Waals surface area contributed by atoms with Gasteiger partial charge in [-0.2, -0.15) is 5.26 Å². The Morgan fingerprint density at radius 2 is 0.700 bits per heavy atom. The Labute approximate surface area is 405 Å². The van der Waals surface area contributed by atoms with Crippen molar-refractivity contribution >= 4 is 21.5 Å². The molecule has 2 aliphatic carbocycles. The van der Waals surface area contributed by atoms with E-state index in [1.807, 2.05) is 54.6 Å².